The maximum Gasteiger partial charge on any atom is 0.135 e. The Kier molecular flexibility index (Phi) is 49.9. The first-order valence-electron chi connectivity index (χ1n) is 28.0. The number of Topliss-reactive ketones (excluding diaryl/α,β-unsaturated/α-hetero) is 1. The number of hydrogen-bond acceptors (Lipinski definition) is 3. The summed E-state index contributed by atoms with van der Waals surface area (Å²) in [6.45, 7) is 6.87. The Morgan fingerprint density at radius 1 is 0.271 bits per heavy atom. The van der Waals surface area contributed by atoms with Crippen LogP contribution in [0.4, 0.5) is 0 Å². The van der Waals surface area contributed by atoms with Crippen molar-refractivity contribution in [3.05, 3.63) is 0 Å². The van der Waals surface area contributed by atoms with Gasteiger partial charge in [0.1, 0.15) is 5.78 Å². The fourth-order valence-corrected chi connectivity index (χ4v) is 9.43. The number of carbonyl (C=O) groups excluding carboxylic acids is 1. The molecule has 0 saturated heterocycles. The molecular weight excluding hydrogens is 721 g/mol. The highest BCUT2D eigenvalue weighted by atomic mass is 16.3. The molecule has 59 heavy (non-hydrogen) atoms. The van der Waals surface area contributed by atoms with E-state index in [2.05, 4.69) is 20.8 Å². The first-order chi connectivity index (χ1) is 29.1. The summed E-state index contributed by atoms with van der Waals surface area (Å²) in [5, 5.41) is 21.1. The van der Waals surface area contributed by atoms with Crippen LogP contribution in [0.25, 0.3) is 0 Å². The highest BCUT2D eigenvalue weighted by molar-refractivity contribution is 5.80. The SMILES string of the molecule is CCCCCCCCCCCCCCCCCCCC(O)C(O)CCCCCCCC(CCCCCCCCC)C(=O)CCCCCCCCCCCCCCCCC. The number of ketones is 1. The van der Waals surface area contributed by atoms with Crippen LogP contribution in [-0.4, -0.2) is 28.2 Å². The van der Waals surface area contributed by atoms with Gasteiger partial charge in [0.05, 0.1) is 12.2 Å². The molecule has 0 bridgehead atoms. The smallest absolute Gasteiger partial charge is 0.135 e. The molecule has 0 fully saturated rings. The van der Waals surface area contributed by atoms with E-state index in [4.69, 9.17) is 0 Å². The zero-order valence-electron chi connectivity index (χ0n) is 41.2. The second-order valence-corrected chi connectivity index (χ2v) is 19.7. The molecule has 0 aromatic heterocycles. The Hall–Kier alpha value is -0.410. The third-order valence-electron chi connectivity index (χ3n) is 13.7. The largest absolute Gasteiger partial charge is 0.390 e. The van der Waals surface area contributed by atoms with Gasteiger partial charge in [-0.05, 0) is 32.1 Å². The normalized spacial score (nSPS) is 13.3. The highest BCUT2D eigenvalue weighted by Gasteiger charge is 2.18. The van der Waals surface area contributed by atoms with Crippen molar-refractivity contribution < 1.29 is 15.0 Å². The monoisotopic (exact) mass is 833 g/mol. The van der Waals surface area contributed by atoms with Gasteiger partial charge < -0.3 is 10.2 Å². The molecule has 3 unspecified atom stereocenters. The Balaban J connectivity index is 3.95. The summed E-state index contributed by atoms with van der Waals surface area (Å²) in [5.41, 5.74) is 0. The maximum absolute atomic E-state index is 13.4. The first kappa shape index (κ1) is 58.6. The number of hydrogen-bond donors (Lipinski definition) is 2. The minimum absolute atomic E-state index is 0.281. The molecule has 0 aliphatic carbocycles. The minimum atomic E-state index is -0.570. The average molecular weight is 834 g/mol. The van der Waals surface area contributed by atoms with Crippen molar-refractivity contribution in [3.63, 3.8) is 0 Å². The Bertz CT molecular complexity index is 781. The molecule has 3 atom stereocenters. The van der Waals surface area contributed by atoms with Crippen LogP contribution in [0.15, 0.2) is 0 Å². The quantitative estimate of drug-likeness (QED) is 0.0600. The molecule has 0 saturated carbocycles. The molecule has 0 heterocycles. The van der Waals surface area contributed by atoms with Crippen LogP contribution in [0.2, 0.25) is 0 Å². The van der Waals surface area contributed by atoms with Gasteiger partial charge in [-0.2, -0.15) is 0 Å². The van der Waals surface area contributed by atoms with Gasteiger partial charge in [-0.15, -0.1) is 0 Å². The summed E-state index contributed by atoms with van der Waals surface area (Å²) in [6, 6.07) is 0. The van der Waals surface area contributed by atoms with Gasteiger partial charge >= 0.3 is 0 Å². The van der Waals surface area contributed by atoms with E-state index in [1.165, 1.54) is 250 Å². The van der Waals surface area contributed by atoms with Gasteiger partial charge in [-0.1, -0.05) is 297 Å². The summed E-state index contributed by atoms with van der Waals surface area (Å²) in [7, 11) is 0. The predicted molar refractivity (Wildman–Crippen MR) is 264 cm³/mol. The van der Waals surface area contributed by atoms with Gasteiger partial charge in [0.25, 0.3) is 0 Å². The van der Waals surface area contributed by atoms with E-state index in [1.807, 2.05) is 0 Å². The molecule has 354 valence electrons. The molecule has 0 spiro atoms. The number of carbonyl (C=O) groups is 1. The van der Waals surface area contributed by atoms with Crippen LogP contribution >= 0.6 is 0 Å². The van der Waals surface area contributed by atoms with Crippen molar-refractivity contribution in [1.29, 1.82) is 0 Å². The molecule has 0 rings (SSSR count). The summed E-state index contributed by atoms with van der Waals surface area (Å²) in [4.78, 5) is 13.4. The number of aliphatic hydroxyl groups is 2. The summed E-state index contributed by atoms with van der Waals surface area (Å²) in [5.74, 6) is 0.839. The molecular formula is C56H112O3. The highest BCUT2D eigenvalue weighted by Crippen LogP contribution is 2.24. The van der Waals surface area contributed by atoms with Crippen LogP contribution in [0.1, 0.15) is 335 Å². The van der Waals surface area contributed by atoms with Crippen LogP contribution in [-0.2, 0) is 4.79 Å². The van der Waals surface area contributed by atoms with Gasteiger partial charge in [-0.3, -0.25) is 4.79 Å². The molecule has 0 aromatic carbocycles. The van der Waals surface area contributed by atoms with Crippen LogP contribution in [0.5, 0.6) is 0 Å². The Morgan fingerprint density at radius 3 is 0.695 bits per heavy atom. The van der Waals surface area contributed by atoms with E-state index >= 15 is 0 Å². The van der Waals surface area contributed by atoms with E-state index in [0.717, 1.165) is 64.2 Å². The fraction of sp³-hybridized carbons (Fsp3) is 0.982. The van der Waals surface area contributed by atoms with E-state index in [1.54, 1.807) is 0 Å². The van der Waals surface area contributed by atoms with Crippen LogP contribution < -0.4 is 0 Å². The second-order valence-electron chi connectivity index (χ2n) is 19.7. The Morgan fingerprint density at radius 2 is 0.458 bits per heavy atom. The van der Waals surface area contributed by atoms with Gasteiger partial charge in [0.2, 0.25) is 0 Å². The van der Waals surface area contributed by atoms with Crippen molar-refractivity contribution in [2.24, 2.45) is 5.92 Å². The standard InChI is InChI=1S/C56H112O3/c1-4-7-10-13-16-18-20-22-24-25-27-29-31-33-36-41-46-51-55(58)56(59)52-47-42-37-39-44-49-53(48-43-38-34-15-12-9-6-3)54(57)50-45-40-35-32-30-28-26-23-21-19-17-14-11-8-5-2/h53,55-56,58-59H,4-52H2,1-3H3. The third-order valence-corrected chi connectivity index (χ3v) is 13.7. The summed E-state index contributed by atoms with van der Waals surface area (Å²) in [6.07, 6.45) is 62.0. The van der Waals surface area contributed by atoms with E-state index in [-0.39, 0.29) is 5.92 Å². The van der Waals surface area contributed by atoms with Gasteiger partial charge in [0.15, 0.2) is 0 Å². The lowest BCUT2D eigenvalue weighted by Gasteiger charge is -2.18. The zero-order chi connectivity index (χ0) is 43.0. The van der Waals surface area contributed by atoms with Crippen molar-refractivity contribution in [3.8, 4) is 0 Å². The third kappa shape index (κ3) is 45.4. The Labute approximate surface area is 373 Å². The molecule has 0 aromatic rings. The van der Waals surface area contributed by atoms with E-state index < -0.39 is 12.2 Å². The van der Waals surface area contributed by atoms with Crippen molar-refractivity contribution in [2.45, 2.75) is 348 Å². The molecule has 0 radical (unpaired) electrons. The molecule has 0 aliphatic heterocycles. The molecule has 2 N–H and O–H groups in total. The van der Waals surface area contributed by atoms with E-state index in [9.17, 15) is 15.0 Å². The van der Waals surface area contributed by atoms with Gasteiger partial charge in [-0.25, -0.2) is 0 Å². The molecule has 0 aliphatic rings. The number of aliphatic hydroxyl groups excluding tert-OH is 2. The molecule has 3 heteroatoms. The van der Waals surface area contributed by atoms with Crippen molar-refractivity contribution in [1.82, 2.24) is 0 Å². The molecule has 0 amide bonds. The van der Waals surface area contributed by atoms with Crippen LogP contribution in [0.3, 0.4) is 0 Å². The van der Waals surface area contributed by atoms with Crippen molar-refractivity contribution >= 4 is 5.78 Å². The number of unbranched alkanes of at least 4 members (excludes halogenated alkanes) is 40. The fourth-order valence-electron chi connectivity index (χ4n) is 9.43. The van der Waals surface area contributed by atoms with E-state index in [0.29, 0.717) is 5.78 Å². The topological polar surface area (TPSA) is 57.5 Å². The van der Waals surface area contributed by atoms with Crippen LogP contribution in [0, 0.1) is 5.92 Å². The minimum Gasteiger partial charge on any atom is -0.390 e. The second kappa shape index (κ2) is 50.2. The lowest BCUT2D eigenvalue weighted by Crippen LogP contribution is -2.25. The average Bonchev–Trinajstić information content (AvgIpc) is 3.24. The molecule has 3 nitrogen and oxygen atoms in total. The summed E-state index contributed by atoms with van der Waals surface area (Å²) >= 11 is 0. The van der Waals surface area contributed by atoms with Gasteiger partial charge in [0, 0.05) is 12.3 Å². The van der Waals surface area contributed by atoms with Crippen molar-refractivity contribution in [2.75, 3.05) is 0 Å². The first-order valence-corrected chi connectivity index (χ1v) is 28.0. The number of rotatable bonds is 52. The lowest BCUT2D eigenvalue weighted by molar-refractivity contribution is -0.123. The lowest BCUT2D eigenvalue weighted by atomic mass is 9.88. The summed E-state index contributed by atoms with van der Waals surface area (Å²) < 4.78 is 0. The predicted octanol–water partition coefficient (Wildman–Crippen LogP) is 19.1. The zero-order valence-corrected chi connectivity index (χ0v) is 41.2. The maximum atomic E-state index is 13.4.